The van der Waals surface area contributed by atoms with Crippen LogP contribution in [0.1, 0.15) is 64.4 Å². The van der Waals surface area contributed by atoms with E-state index in [4.69, 9.17) is 14.7 Å². The second-order valence-corrected chi connectivity index (χ2v) is 10.1. The molecule has 0 radical (unpaired) electrons. The smallest absolute Gasteiger partial charge is 0.419 e. The lowest BCUT2D eigenvalue weighted by Gasteiger charge is -2.25. The first-order valence-corrected chi connectivity index (χ1v) is 11.2. The average Bonchev–Trinajstić information content (AvgIpc) is 3.09. The highest BCUT2D eigenvalue weighted by Crippen LogP contribution is 2.27. The largest absolute Gasteiger partial charge is 0.444 e. The van der Waals surface area contributed by atoms with Crippen LogP contribution in [-0.2, 0) is 15.9 Å². The Morgan fingerprint density at radius 3 is 2.18 bits per heavy atom. The van der Waals surface area contributed by atoms with E-state index < -0.39 is 29.4 Å². The van der Waals surface area contributed by atoms with Gasteiger partial charge in [0, 0.05) is 17.5 Å². The van der Waals surface area contributed by atoms with Crippen LogP contribution in [0.25, 0.3) is 10.9 Å². The fourth-order valence-electron chi connectivity index (χ4n) is 3.59. The number of fused-ring (bicyclic) bond motifs is 1. The van der Waals surface area contributed by atoms with Gasteiger partial charge in [-0.2, -0.15) is 5.26 Å². The lowest BCUT2D eigenvalue weighted by Crippen LogP contribution is -2.36. The molecule has 7 heteroatoms. The van der Waals surface area contributed by atoms with Crippen molar-refractivity contribution in [3.63, 3.8) is 0 Å². The van der Waals surface area contributed by atoms with E-state index in [2.05, 4.69) is 11.4 Å². The Kier molecular flexibility index (Phi) is 7.01. The summed E-state index contributed by atoms with van der Waals surface area (Å²) in [7, 11) is 0. The molecule has 178 valence electrons. The number of hydrogen-bond donors (Lipinski definition) is 1. The van der Waals surface area contributed by atoms with Crippen molar-refractivity contribution in [3.05, 3.63) is 71.4 Å². The summed E-state index contributed by atoms with van der Waals surface area (Å²) < 4.78 is 12.7. The number of rotatable bonds is 4. The van der Waals surface area contributed by atoms with Gasteiger partial charge in [0.2, 0.25) is 0 Å². The third-order valence-corrected chi connectivity index (χ3v) is 4.91. The Morgan fingerprint density at radius 2 is 1.59 bits per heavy atom. The number of nitrogens with zero attached hydrogens (tertiary/aromatic N) is 2. The van der Waals surface area contributed by atoms with Gasteiger partial charge in [-0.1, -0.05) is 30.3 Å². The summed E-state index contributed by atoms with van der Waals surface area (Å²) >= 11 is 0. The molecule has 1 heterocycles. The number of nitriles is 1. The zero-order valence-corrected chi connectivity index (χ0v) is 20.5. The summed E-state index contributed by atoms with van der Waals surface area (Å²) in [5.74, 6) is 0. The number of carbonyl (C=O) groups is 2. The van der Waals surface area contributed by atoms with Crippen molar-refractivity contribution < 1.29 is 19.1 Å². The van der Waals surface area contributed by atoms with Crippen LogP contribution in [0.5, 0.6) is 0 Å². The zero-order chi connectivity index (χ0) is 25.1. The van der Waals surface area contributed by atoms with Crippen LogP contribution < -0.4 is 5.32 Å². The van der Waals surface area contributed by atoms with Crippen LogP contribution in [-0.4, -0.2) is 28.0 Å². The maximum atomic E-state index is 13.2. The number of ether oxygens (including phenoxy) is 2. The summed E-state index contributed by atoms with van der Waals surface area (Å²) in [5, 5.41) is 13.0. The number of para-hydroxylation sites is 1. The molecule has 34 heavy (non-hydrogen) atoms. The molecular weight excluding hydrogens is 430 g/mol. The Morgan fingerprint density at radius 1 is 0.971 bits per heavy atom. The van der Waals surface area contributed by atoms with Crippen molar-refractivity contribution in [1.82, 2.24) is 9.88 Å². The number of benzene rings is 2. The van der Waals surface area contributed by atoms with E-state index in [-0.39, 0.29) is 0 Å². The molecule has 0 saturated heterocycles. The van der Waals surface area contributed by atoms with E-state index in [0.29, 0.717) is 17.7 Å². The lowest BCUT2D eigenvalue weighted by molar-refractivity contribution is 0.0503. The highest BCUT2D eigenvalue weighted by Gasteiger charge is 2.26. The summed E-state index contributed by atoms with van der Waals surface area (Å²) in [6.07, 6.45) is -0.750. The first kappa shape index (κ1) is 24.8. The topological polar surface area (TPSA) is 93.3 Å². The van der Waals surface area contributed by atoms with Gasteiger partial charge in [-0.3, -0.25) is 0 Å². The number of hydrogen-bond acceptors (Lipinski definition) is 5. The van der Waals surface area contributed by atoms with Gasteiger partial charge < -0.3 is 14.8 Å². The van der Waals surface area contributed by atoms with Crippen LogP contribution in [0.15, 0.2) is 54.6 Å². The molecule has 0 aliphatic rings. The van der Waals surface area contributed by atoms with Gasteiger partial charge in [-0.25, -0.2) is 14.2 Å². The Bertz CT molecular complexity index is 1220. The van der Waals surface area contributed by atoms with E-state index in [1.54, 1.807) is 49.6 Å². The molecule has 0 spiro atoms. The van der Waals surface area contributed by atoms with E-state index in [0.717, 1.165) is 16.5 Å². The molecule has 7 nitrogen and oxygen atoms in total. The lowest BCUT2D eigenvalue weighted by atomic mass is 10.0. The molecule has 1 amide bonds. The normalized spacial score (nSPS) is 12.6. The second kappa shape index (κ2) is 9.60. The van der Waals surface area contributed by atoms with Crippen LogP contribution >= 0.6 is 0 Å². The minimum Gasteiger partial charge on any atom is -0.444 e. The SMILES string of the molecule is CC(C)(C)OC(=O)NC(Cc1cc2ccccc2n1C(=O)OC(C)(C)C)c1ccc(C#N)cc1. The van der Waals surface area contributed by atoms with Gasteiger partial charge in [-0.15, -0.1) is 0 Å². The molecule has 0 aliphatic carbocycles. The monoisotopic (exact) mass is 461 g/mol. The minimum atomic E-state index is -0.666. The molecule has 1 aromatic heterocycles. The zero-order valence-electron chi connectivity index (χ0n) is 20.5. The molecule has 0 bridgehead atoms. The quantitative estimate of drug-likeness (QED) is 0.506. The number of carbonyl (C=O) groups excluding carboxylic acids is 2. The molecule has 0 aliphatic heterocycles. The number of amides is 1. The van der Waals surface area contributed by atoms with Crippen molar-refractivity contribution in [3.8, 4) is 6.07 Å². The van der Waals surface area contributed by atoms with Crippen molar-refractivity contribution in [2.24, 2.45) is 0 Å². The Hall–Kier alpha value is -3.79. The number of aromatic nitrogens is 1. The molecular formula is C27H31N3O4. The minimum absolute atomic E-state index is 0.305. The average molecular weight is 462 g/mol. The molecule has 3 aromatic rings. The predicted octanol–water partition coefficient (Wildman–Crippen LogP) is 6.10. The maximum Gasteiger partial charge on any atom is 0.419 e. The van der Waals surface area contributed by atoms with Crippen molar-refractivity contribution >= 4 is 23.1 Å². The third kappa shape index (κ3) is 6.38. The molecule has 1 unspecified atom stereocenters. The molecule has 2 aromatic carbocycles. The molecule has 0 saturated carbocycles. The highest BCUT2D eigenvalue weighted by atomic mass is 16.6. The summed E-state index contributed by atoms with van der Waals surface area (Å²) in [5.41, 5.74) is 1.38. The summed E-state index contributed by atoms with van der Waals surface area (Å²) in [6, 6.07) is 18.1. The van der Waals surface area contributed by atoms with Gasteiger partial charge in [-0.05, 0) is 71.4 Å². The van der Waals surface area contributed by atoms with Gasteiger partial charge in [0.1, 0.15) is 11.2 Å². The number of alkyl carbamates (subject to hydrolysis) is 1. The first-order valence-electron chi connectivity index (χ1n) is 11.2. The third-order valence-electron chi connectivity index (χ3n) is 4.91. The van der Waals surface area contributed by atoms with Crippen LogP contribution in [0.2, 0.25) is 0 Å². The molecule has 1 N–H and O–H groups in total. The summed E-state index contributed by atoms with van der Waals surface area (Å²) in [6.45, 7) is 10.8. The van der Waals surface area contributed by atoms with E-state index in [9.17, 15) is 9.59 Å². The van der Waals surface area contributed by atoms with Crippen molar-refractivity contribution in [2.75, 3.05) is 0 Å². The Balaban J connectivity index is 2.03. The number of nitrogens with one attached hydrogen (secondary N) is 1. The fraction of sp³-hybridized carbons (Fsp3) is 0.370. The maximum absolute atomic E-state index is 13.2. The highest BCUT2D eigenvalue weighted by molar-refractivity contribution is 5.91. The molecule has 1 atom stereocenters. The van der Waals surface area contributed by atoms with E-state index in [1.807, 2.05) is 51.1 Å². The van der Waals surface area contributed by atoms with E-state index >= 15 is 0 Å². The van der Waals surface area contributed by atoms with Crippen molar-refractivity contribution in [2.45, 2.75) is 65.2 Å². The van der Waals surface area contributed by atoms with Gasteiger partial charge >= 0.3 is 12.2 Å². The fourth-order valence-corrected chi connectivity index (χ4v) is 3.59. The molecule has 0 fully saturated rings. The van der Waals surface area contributed by atoms with E-state index in [1.165, 1.54) is 0 Å². The van der Waals surface area contributed by atoms with Crippen LogP contribution in [0.3, 0.4) is 0 Å². The second-order valence-electron chi connectivity index (χ2n) is 10.1. The van der Waals surface area contributed by atoms with Crippen LogP contribution in [0, 0.1) is 11.3 Å². The van der Waals surface area contributed by atoms with Crippen LogP contribution in [0.4, 0.5) is 9.59 Å². The van der Waals surface area contributed by atoms with Crippen molar-refractivity contribution in [1.29, 1.82) is 5.26 Å². The standard InChI is InChI=1S/C27H31N3O4/c1-26(2,3)33-24(31)29-22(19-13-11-18(17-28)12-14-19)16-21-15-20-9-7-8-10-23(20)30(21)25(32)34-27(4,5)6/h7-15,22H,16H2,1-6H3,(H,29,31). The van der Waals surface area contributed by atoms with Gasteiger partial charge in [0.15, 0.2) is 0 Å². The summed E-state index contributed by atoms with van der Waals surface area (Å²) in [4.78, 5) is 25.8. The molecule has 3 rings (SSSR count). The van der Waals surface area contributed by atoms with Gasteiger partial charge in [0.25, 0.3) is 0 Å². The predicted molar refractivity (Wildman–Crippen MR) is 131 cm³/mol. The Labute approximate surface area is 200 Å². The van der Waals surface area contributed by atoms with Gasteiger partial charge in [0.05, 0.1) is 23.2 Å². The first-order chi connectivity index (χ1) is 15.9.